The van der Waals surface area contributed by atoms with E-state index in [1.807, 2.05) is 12.1 Å². The molecule has 0 fully saturated rings. The third-order valence-electron chi connectivity index (χ3n) is 5.89. The van der Waals surface area contributed by atoms with E-state index >= 15 is 0 Å². The number of sulfonamides is 1. The van der Waals surface area contributed by atoms with Gasteiger partial charge in [0.1, 0.15) is 0 Å². The Hall–Kier alpha value is -4.73. The van der Waals surface area contributed by atoms with Gasteiger partial charge in [-0.25, -0.2) is 17.9 Å². The van der Waals surface area contributed by atoms with Gasteiger partial charge in [0, 0.05) is 18.4 Å². The number of alkyl halides is 3. The number of amides is 2. The molecule has 4 rings (SSSR count). The number of carbonyl (C=O) groups is 1. The minimum absolute atomic E-state index is 0.00445. The fraction of sp³-hybridized carbons (Fsp3) is 0.208. The Morgan fingerprint density at radius 1 is 1.15 bits per heavy atom. The van der Waals surface area contributed by atoms with Gasteiger partial charge in [-0.2, -0.15) is 23.7 Å². The number of benzene rings is 2. The highest BCUT2D eigenvalue weighted by Crippen LogP contribution is 2.38. The maximum absolute atomic E-state index is 13.3. The van der Waals surface area contributed by atoms with Crippen LogP contribution in [0.4, 0.5) is 23.7 Å². The van der Waals surface area contributed by atoms with Gasteiger partial charge in [0.15, 0.2) is 0 Å². The van der Waals surface area contributed by atoms with E-state index in [0.29, 0.717) is 0 Å². The predicted octanol–water partition coefficient (Wildman–Crippen LogP) is 3.22. The molecule has 0 saturated heterocycles. The van der Waals surface area contributed by atoms with E-state index < -0.39 is 33.8 Å². The van der Waals surface area contributed by atoms with Crippen molar-refractivity contribution in [2.75, 3.05) is 11.4 Å². The number of nitrogens with one attached hydrogen (secondary N) is 2. The summed E-state index contributed by atoms with van der Waals surface area (Å²) in [7, 11) is -4.26. The molecule has 3 aromatic rings. The molecule has 0 radical (unpaired) electrons. The highest BCUT2D eigenvalue weighted by atomic mass is 32.2. The van der Waals surface area contributed by atoms with Gasteiger partial charge in [-0.05, 0) is 42.8 Å². The van der Waals surface area contributed by atoms with Crippen molar-refractivity contribution in [2.24, 2.45) is 0 Å². The van der Waals surface area contributed by atoms with Crippen LogP contribution < -0.4 is 14.9 Å². The summed E-state index contributed by atoms with van der Waals surface area (Å²) in [5.41, 5.74) is -1.20. The molecule has 0 saturated carbocycles. The number of allylic oxidation sites excluding steroid dienone is 1. The van der Waals surface area contributed by atoms with Crippen LogP contribution in [0.2, 0.25) is 0 Å². The van der Waals surface area contributed by atoms with Gasteiger partial charge in [0.2, 0.25) is 10.0 Å². The lowest BCUT2D eigenvalue weighted by Crippen LogP contribution is -2.47. The monoisotopic (exact) mass is 556 g/mol. The molecule has 2 amide bonds. The van der Waals surface area contributed by atoms with Gasteiger partial charge in [-0.15, -0.1) is 5.10 Å². The van der Waals surface area contributed by atoms with E-state index in [9.17, 15) is 36.9 Å². The fourth-order valence-electron chi connectivity index (χ4n) is 4.05. The van der Waals surface area contributed by atoms with E-state index in [1.54, 1.807) is 0 Å². The average molecular weight is 557 g/mol. The summed E-state index contributed by atoms with van der Waals surface area (Å²) in [4.78, 5) is 13.7. The first-order valence-corrected chi connectivity index (χ1v) is 12.7. The van der Waals surface area contributed by atoms with Crippen molar-refractivity contribution >= 4 is 21.7 Å². The Balaban J connectivity index is 1.75. The lowest BCUT2D eigenvalue weighted by molar-refractivity contribution is -0.137. The highest BCUT2D eigenvalue weighted by molar-refractivity contribution is 7.89. The Morgan fingerprint density at radius 2 is 1.92 bits per heavy atom. The highest BCUT2D eigenvalue weighted by Gasteiger charge is 2.37. The number of anilines is 1. The Bertz CT molecular complexity index is 1640. The van der Waals surface area contributed by atoms with Gasteiger partial charge in [-0.3, -0.25) is 9.58 Å². The zero-order valence-electron chi connectivity index (χ0n) is 20.1. The zero-order chi connectivity index (χ0) is 28.4. The van der Waals surface area contributed by atoms with Crippen LogP contribution >= 0.6 is 0 Å². The molecule has 11 nitrogen and oxygen atoms in total. The number of urea groups is 1. The van der Waals surface area contributed by atoms with Gasteiger partial charge >= 0.3 is 12.2 Å². The molecule has 0 spiro atoms. The quantitative estimate of drug-likeness (QED) is 0.452. The Kier molecular flexibility index (Phi) is 7.40. The first-order chi connectivity index (χ1) is 18.5. The molecule has 0 aliphatic carbocycles. The normalized spacial score (nSPS) is 16.0. The summed E-state index contributed by atoms with van der Waals surface area (Å²) in [6.07, 6.45) is -1.70. The van der Waals surface area contributed by atoms with Crippen LogP contribution in [0.1, 0.15) is 29.7 Å². The van der Waals surface area contributed by atoms with Gasteiger partial charge in [0.05, 0.1) is 58.2 Å². The second-order valence-corrected chi connectivity index (χ2v) is 10.0. The van der Waals surface area contributed by atoms with Crippen LogP contribution in [0.3, 0.4) is 0 Å². The van der Waals surface area contributed by atoms with Crippen molar-refractivity contribution in [3.8, 4) is 12.1 Å². The Labute approximate surface area is 220 Å². The maximum Gasteiger partial charge on any atom is 0.416 e. The van der Waals surface area contributed by atoms with E-state index in [2.05, 4.69) is 20.4 Å². The fourth-order valence-corrected chi connectivity index (χ4v) is 5.35. The number of hydrogen-bond donors (Lipinski definition) is 2. The summed E-state index contributed by atoms with van der Waals surface area (Å²) in [6, 6.07) is 9.45. The summed E-state index contributed by atoms with van der Waals surface area (Å²) >= 11 is 0. The second-order valence-electron chi connectivity index (χ2n) is 8.31. The van der Waals surface area contributed by atoms with Gasteiger partial charge in [-0.1, -0.05) is 17.3 Å². The van der Waals surface area contributed by atoms with Crippen molar-refractivity contribution in [1.29, 1.82) is 10.5 Å². The van der Waals surface area contributed by atoms with E-state index in [-0.39, 0.29) is 46.1 Å². The van der Waals surface area contributed by atoms with Crippen LogP contribution in [0, 0.1) is 22.7 Å². The van der Waals surface area contributed by atoms with Crippen LogP contribution in [0.25, 0.3) is 0 Å². The molecule has 15 heteroatoms. The van der Waals surface area contributed by atoms with Crippen LogP contribution in [-0.4, -0.2) is 36.0 Å². The van der Waals surface area contributed by atoms with E-state index in [1.165, 1.54) is 42.2 Å². The molecular weight excluding hydrogens is 537 g/mol. The minimum atomic E-state index is -4.66. The number of nitriles is 2. The van der Waals surface area contributed by atoms with Crippen molar-refractivity contribution in [3.63, 3.8) is 0 Å². The summed E-state index contributed by atoms with van der Waals surface area (Å²) in [6.45, 7) is 1.45. The number of aromatic nitrogens is 3. The van der Waals surface area contributed by atoms with Gasteiger partial charge in [0.25, 0.3) is 0 Å². The molecule has 2 N–H and O–H groups in total. The topological polar surface area (TPSA) is 157 Å². The number of nitrogens with zero attached hydrogens (tertiary/aromatic N) is 6. The van der Waals surface area contributed by atoms with Gasteiger partial charge < -0.3 is 5.32 Å². The molecule has 1 aliphatic heterocycles. The second kappa shape index (κ2) is 10.6. The standard InChI is InChI=1S/C24H19F3N8O3S/c1-15-20(14-29)22(32-23(36)35(15)18-4-2-3-17(12-18)24(25,26)27)19-6-5-16(13-28)11-21(19)39(37,38)31-8-10-34-9-7-30-33-34/h2-7,9,11-12,22,31H,8,10H2,1H3,(H,32,36)/t22-/m1/s1. The number of rotatable bonds is 7. The average Bonchev–Trinajstić information content (AvgIpc) is 3.41. The molecular formula is C24H19F3N8O3S. The first kappa shape index (κ1) is 27.3. The van der Waals surface area contributed by atoms with Crippen LogP contribution in [-0.2, 0) is 22.7 Å². The van der Waals surface area contributed by atoms with Crippen molar-refractivity contribution < 1.29 is 26.4 Å². The van der Waals surface area contributed by atoms with E-state index in [0.717, 1.165) is 29.2 Å². The third kappa shape index (κ3) is 5.59. The number of halogens is 3. The number of carbonyl (C=O) groups excluding carboxylic acids is 1. The lowest BCUT2D eigenvalue weighted by Gasteiger charge is -2.34. The van der Waals surface area contributed by atoms with Crippen molar-refractivity contribution in [3.05, 3.63) is 82.8 Å². The molecule has 1 aromatic heterocycles. The molecule has 1 atom stereocenters. The molecule has 1 aliphatic rings. The Morgan fingerprint density at radius 3 is 2.56 bits per heavy atom. The summed E-state index contributed by atoms with van der Waals surface area (Å²) < 4.78 is 70.1. The third-order valence-corrected chi connectivity index (χ3v) is 7.40. The first-order valence-electron chi connectivity index (χ1n) is 11.2. The van der Waals surface area contributed by atoms with E-state index in [4.69, 9.17) is 0 Å². The largest absolute Gasteiger partial charge is 0.416 e. The van der Waals surface area contributed by atoms with Crippen molar-refractivity contribution in [1.82, 2.24) is 25.0 Å². The molecule has 0 bridgehead atoms. The molecule has 200 valence electrons. The molecule has 2 heterocycles. The zero-order valence-corrected chi connectivity index (χ0v) is 21.0. The molecule has 39 heavy (non-hydrogen) atoms. The maximum atomic E-state index is 13.3. The lowest BCUT2D eigenvalue weighted by atomic mass is 9.94. The minimum Gasteiger partial charge on any atom is -0.326 e. The summed E-state index contributed by atoms with van der Waals surface area (Å²) in [5, 5.41) is 29.2. The number of hydrogen-bond acceptors (Lipinski definition) is 7. The van der Waals surface area contributed by atoms with Crippen LogP contribution in [0.15, 0.2) is 71.0 Å². The van der Waals surface area contributed by atoms with Crippen molar-refractivity contribution in [2.45, 2.75) is 30.6 Å². The van der Waals surface area contributed by atoms with Crippen LogP contribution in [0.5, 0.6) is 0 Å². The SMILES string of the molecule is CC1=C(C#N)[C@@H](c2ccc(C#N)cc2S(=O)(=O)NCCn2ccnn2)NC(=O)N1c1cccc(C(F)(F)F)c1. The molecule has 2 aromatic carbocycles. The predicted molar refractivity (Wildman–Crippen MR) is 130 cm³/mol. The molecule has 0 unspecified atom stereocenters. The summed E-state index contributed by atoms with van der Waals surface area (Å²) in [5.74, 6) is 0. The smallest absolute Gasteiger partial charge is 0.326 e.